The van der Waals surface area contributed by atoms with Crippen molar-refractivity contribution in [3.8, 4) is 11.5 Å². The minimum absolute atomic E-state index is 0.174. The molecule has 1 aliphatic heterocycles. The lowest BCUT2D eigenvalue weighted by molar-refractivity contribution is 0.102. The number of carbonyl (C=O) groups is 1. The van der Waals surface area contributed by atoms with Crippen LogP contribution in [-0.4, -0.2) is 51.1 Å². The van der Waals surface area contributed by atoms with E-state index in [0.717, 1.165) is 29.8 Å². The van der Waals surface area contributed by atoms with Gasteiger partial charge in [-0.25, -0.2) is 4.98 Å². The van der Waals surface area contributed by atoms with Crippen molar-refractivity contribution in [2.75, 3.05) is 25.5 Å². The van der Waals surface area contributed by atoms with E-state index in [2.05, 4.69) is 49.6 Å². The summed E-state index contributed by atoms with van der Waals surface area (Å²) in [6.07, 6.45) is 2.33. The van der Waals surface area contributed by atoms with Gasteiger partial charge < -0.3 is 15.2 Å². The lowest BCUT2D eigenvalue weighted by atomic mass is 9.89. The third kappa shape index (κ3) is 3.71. The predicted molar refractivity (Wildman–Crippen MR) is 118 cm³/mol. The Labute approximate surface area is 174 Å². The second-order valence-electron chi connectivity index (χ2n) is 7.92. The van der Waals surface area contributed by atoms with E-state index in [1.807, 2.05) is 36.4 Å². The first-order chi connectivity index (χ1) is 14.7. The highest BCUT2D eigenvalue weighted by Crippen LogP contribution is 2.28. The highest BCUT2D eigenvalue weighted by atomic mass is 16.1. The van der Waals surface area contributed by atoms with Gasteiger partial charge in [-0.2, -0.15) is 5.10 Å². The fourth-order valence-corrected chi connectivity index (χ4v) is 4.02. The first kappa shape index (κ1) is 18.6. The lowest BCUT2D eigenvalue weighted by Crippen LogP contribution is -2.29. The van der Waals surface area contributed by atoms with Crippen LogP contribution in [0.25, 0.3) is 22.6 Å². The molecule has 4 aromatic rings. The van der Waals surface area contributed by atoms with E-state index >= 15 is 0 Å². The summed E-state index contributed by atoms with van der Waals surface area (Å²) in [6, 6.07) is 17.6. The van der Waals surface area contributed by atoms with Gasteiger partial charge in [0.1, 0.15) is 5.69 Å². The summed E-state index contributed by atoms with van der Waals surface area (Å²) in [5, 5.41) is 10.00. The molecule has 152 valence electrons. The monoisotopic (exact) mass is 400 g/mol. The zero-order valence-corrected chi connectivity index (χ0v) is 16.9. The Kier molecular flexibility index (Phi) is 4.80. The first-order valence-corrected chi connectivity index (χ1v) is 10.3. The van der Waals surface area contributed by atoms with Crippen LogP contribution in [0.4, 0.5) is 5.82 Å². The smallest absolute Gasteiger partial charge is 0.256 e. The van der Waals surface area contributed by atoms with Crippen molar-refractivity contribution < 1.29 is 4.79 Å². The van der Waals surface area contributed by atoms with Crippen LogP contribution in [0.2, 0.25) is 0 Å². The Morgan fingerprint density at radius 1 is 1.10 bits per heavy atom. The normalized spacial score (nSPS) is 15.5. The van der Waals surface area contributed by atoms with Crippen LogP contribution >= 0.6 is 0 Å². The Hall–Kier alpha value is -3.45. The number of carbonyl (C=O) groups excluding carboxylic acids is 1. The molecule has 3 N–H and O–H groups in total. The van der Waals surface area contributed by atoms with Gasteiger partial charge in [-0.15, -0.1) is 0 Å². The number of likely N-dealkylation sites (tertiary alicyclic amines) is 1. The molecule has 0 aliphatic carbocycles. The van der Waals surface area contributed by atoms with Crippen LogP contribution in [0.15, 0.2) is 54.6 Å². The second kappa shape index (κ2) is 7.76. The molecule has 1 saturated heterocycles. The number of H-pyrrole nitrogens is 2. The molecule has 5 rings (SSSR count). The maximum absolute atomic E-state index is 12.6. The molecule has 0 radical (unpaired) electrons. The molecule has 0 unspecified atom stereocenters. The van der Waals surface area contributed by atoms with Crippen molar-refractivity contribution in [3.05, 3.63) is 65.7 Å². The van der Waals surface area contributed by atoms with Crippen LogP contribution < -0.4 is 5.32 Å². The van der Waals surface area contributed by atoms with Gasteiger partial charge in [0.05, 0.1) is 11.0 Å². The molecule has 2 aromatic carbocycles. The van der Waals surface area contributed by atoms with Crippen molar-refractivity contribution in [2.45, 2.75) is 18.8 Å². The van der Waals surface area contributed by atoms with Crippen LogP contribution in [0.5, 0.6) is 0 Å². The van der Waals surface area contributed by atoms with Crippen molar-refractivity contribution in [3.63, 3.8) is 0 Å². The molecular weight excluding hydrogens is 376 g/mol. The Morgan fingerprint density at radius 3 is 2.63 bits per heavy atom. The molecule has 0 spiro atoms. The summed E-state index contributed by atoms with van der Waals surface area (Å²) in [5.74, 6) is 1.56. The number of benzene rings is 2. The van der Waals surface area contributed by atoms with Crippen LogP contribution in [0, 0.1) is 0 Å². The number of para-hydroxylation sites is 2. The fourth-order valence-electron chi connectivity index (χ4n) is 4.02. The summed E-state index contributed by atoms with van der Waals surface area (Å²) in [4.78, 5) is 22.8. The molecule has 30 heavy (non-hydrogen) atoms. The van der Waals surface area contributed by atoms with E-state index in [-0.39, 0.29) is 5.91 Å². The number of fused-ring (bicyclic) bond motifs is 1. The average molecular weight is 400 g/mol. The molecule has 1 fully saturated rings. The maximum Gasteiger partial charge on any atom is 0.256 e. The third-order valence-electron chi connectivity index (χ3n) is 5.83. The molecule has 7 heteroatoms. The molecule has 1 aliphatic rings. The molecule has 2 aromatic heterocycles. The van der Waals surface area contributed by atoms with Gasteiger partial charge in [-0.3, -0.25) is 9.89 Å². The number of nitrogens with zero attached hydrogens (tertiary/aromatic N) is 3. The Bertz CT molecular complexity index is 1130. The molecule has 0 atom stereocenters. The largest absolute Gasteiger partial charge is 0.337 e. The minimum Gasteiger partial charge on any atom is -0.337 e. The zero-order valence-electron chi connectivity index (χ0n) is 16.9. The molecule has 7 nitrogen and oxygen atoms in total. The summed E-state index contributed by atoms with van der Waals surface area (Å²) in [7, 11) is 2.17. The number of nitrogens with one attached hydrogen (secondary N) is 3. The number of imidazole rings is 1. The number of amides is 1. The standard InChI is InChI=1S/C23H24N6O/c1-29-12-10-16(11-13-29)15-6-8-17(9-7-15)23(30)26-21-14-20(27-28-21)22-24-18-4-2-3-5-19(18)25-22/h2-9,14,16H,10-13H2,1H3,(H,24,25)(H2,26,27,28,30). The predicted octanol–water partition coefficient (Wildman–Crippen LogP) is 4.01. The number of aromatic nitrogens is 4. The topological polar surface area (TPSA) is 89.7 Å². The van der Waals surface area contributed by atoms with Crippen molar-refractivity contribution in [1.29, 1.82) is 0 Å². The van der Waals surface area contributed by atoms with Gasteiger partial charge in [-0.1, -0.05) is 24.3 Å². The Morgan fingerprint density at radius 2 is 1.87 bits per heavy atom. The second-order valence-corrected chi connectivity index (χ2v) is 7.92. The van der Waals surface area contributed by atoms with Crippen molar-refractivity contribution >= 4 is 22.8 Å². The van der Waals surface area contributed by atoms with Gasteiger partial charge in [0.15, 0.2) is 11.6 Å². The van der Waals surface area contributed by atoms with Crippen molar-refractivity contribution in [1.82, 2.24) is 25.1 Å². The van der Waals surface area contributed by atoms with Gasteiger partial charge >= 0.3 is 0 Å². The van der Waals surface area contributed by atoms with Gasteiger partial charge in [0, 0.05) is 11.6 Å². The number of hydrogen-bond acceptors (Lipinski definition) is 4. The molecule has 1 amide bonds. The van der Waals surface area contributed by atoms with E-state index in [0.29, 0.717) is 23.1 Å². The molecule has 0 bridgehead atoms. The van der Waals surface area contributed by atoms with E-state index in [1.165, 1.54) is 18.4 Å². The van der Waals surface area contributed by atoms with E-state index in [4.69, 9.17) is 0 Å². The number of anilines is 1. The lowest BCUT2D eigenvalue weighted by Gasteiger charge is -2.29. The number of hydrogen-bond donors (Lipinski definition) is 3. The number of aromatic amines is 2. The highest BCUT2D eigenvalue weighted by Gasteiger charge is 2.19. The van der Waals surface area contributed by atoms with Crippen LogP contribution in [0.3, 0.4) is 0 Å². The third-order valence-corrected chi connectivity index (χ3v) is 5.83. The van der Waals surface area contributed by atoms with Crippen LogP contribution in [-0.2, 0) is 0 Å². The fraction of sp³-hybridized carbons (Fsp3) is 0.261. The van der Waals surface area contributed by atoms with Crippen molar-refractivity contribution in [2.24, 2.45) is 0 Å². The maximum atomic E-state index is 12.6. The van der Waals surface area contributed by atoms with Gasteiger partial charge in [0.2, 0.25) is 0 Å². The highest BCUT2D eigenvalue weighted by molar-refractivity contribution is 6.04. The van der Waals surface area contributed by atoms with E-state index in [9.17, 15) is 4.79 Å². The SMILES string of the molecule is CN1CCC(c2ccc(C(=O)Nc3cc(-c4nc5ccccc5[nH]4)[nH]n3)cc2)CC1. The summed E-state index contributed by atoms with van der Waals surface area (Å²) in [6.45, 7) is 2.25. The summed E-state index contributed by atoms with van der Waals surface area (Å²) in [5.41, 5.74) is 4.50. The molecule has 3 heterocycles. The Balaban J connectivity index is 1.26. The zero-order chi connectivity index (χ0) is 20.5. The number of piperidine rings is 1. The van der Waals surface area contributed by atoms with E-state index in [1.54, 1.807) is 6.07 Å². The average Bonchev–Trinajstić information content (AvgIpc) is 3.41. The summed E-state index contributed by atoms with van der Waals surface area (Å²) >= 11 is 0. The molecule has 0 saturated carbocycles. The molecular formula is C23H24N6O. The van der Waals surface area contributed by atoms with Gasteiger partial charge in [0.25, 0.3) is 5.91 Å². The quantitative estimate of drug-likeness (QED) is 0.483. The summed E-state index contributed by atoms with van der Waals surface area (Å²) < 4.78 is 0. The minimum atomic E-state index is -0.174. The number of rotatable bonds is 4. The van der Waals surface area contributed by atoms with Crippen LogP contribution in [0.1, 0.15) is 34.7 Å². The van der Waals surface area contributed by atoms with E-state index < -0.39 is 0 Å². The first-order valence-electron chi connectivity index (χ1n) is 10.3. The van der Waals surface area contributed by atoms with Gasteiger partial charge in [-0.05, 0) is 68.7 Å².